The van der Waals surface area contributed by atoms with Gasteiger partial charge < -0.3 is 5.32 Å². The van der Waals surface area contributed by atoms with Crippen molar-refractivity contribution in [2.24, 2.45) is 5.92 Å². The Morgan fingerprint density at radius 1 is 1.53 bits per heavy atom. The first-order chi connectivity index (χ1) is 7.20. The molecule has 1 aliphatic rings. The highest BCUT2D eigenvalue weighted by Gasteiger charge is 2.26. The first-order valence-corrected chi connectivity index (χ1v) is 6.12. The van der Waals surface area contributed by atoms with Crippen molar-refractivity contribution in [3.05, 3.63) is 34.1 Å². The number of nitrogens with one attached hydrogen (secondary N) is 1. The van der Waals surface area contributed by atoms with Crippen molar-refractivity contribution in [3.8, 4) is 0 Å². The van der Waals surface area contributed by atoms with Crippen LogP contribution in [0.1, 0.15) is 30.9 Å². The molecule has 0 aliphatic heterocycles. The van der Waals surface area contributed by atoms with E-state index in [-0.39, 0.29) is 11.9 Å². The van der Waals surface area contributed by atoms with E-state index in [0.717, 1.165) is 22.4 Å². The summed E-state index contributed by atoms with van der Waals surface area (Å²) in [5.41, 5.74) is 0.785. The average molecular weight is 272 g/mol. The van der Waals surface area contributed by atoms with Gasteiger partial charge in [0, 0.05) is 16.1 Å². The second kappa shape index (κ2) is 4.62. The number of benzene rings is 1. The molecule has 15 heavy (non-hydrogen) atoms. The normalized spacial score (nSPS) is 17.8. The summed E-state index contributed by atoms with van der Waals surface area (Å²) in [7, 11) is 1.90. The van der Waals surface area contributed by atoms with Gasteiger partial charge in [0.05, 0.1) is 0 Å². The van der Waals surface area contributed by atoms with E-state index >= 15 is 0 Å². The van der Waals surface area contributed by atoms with Gasteiger partial charge in [0.25, 0.3) is 0 Å². The Balaban J connectivity index is 2.16. The fourth-order valence-electron chi connectivity index (χ4n) is 1.87. The third-order valence-electron chi connectivity index (χ3n) is 2.95. The number of halogens is 2. The lowest BCUT2D eigenvalue weighted by Crippen LogP contribution is -2.18. The van der Waals surface area contributed by atoms with Crippen LogP contribution in [0.3, 0.4) is 0 Å². The number of rotatable bonds is 4. The second-order valence-corrected chi connectivity index (χ2v) is 5.10. The van der Waals surface area contributed by atoms with Crippen LogP contribution in [0.4, 0.5) is 4.39 Å². The monoisotopic (exact) mass is 271 g/mol. The summed E-state index contributed by atoms with van der Waals surface area (Å²) < 4.78 is 14.5. The smallest absolute Gasteiger partial charge is 0.129 e. The Labute approximate surface area is 98.2 Å². The molecule has 1 nitrogen and oxygen atoms in total. The van der Waals surface area contributed by atoms with Crippen LogP contribution in [-0.4, -0.2) is 7.05 Å². The van der Waals surface area contributed by atoms with Gasteiger partial charge in [0.2, 0.25) is 0 Å². The first-order valence-electron chi connectivity index (χ1n) is 5.33. The van der Waals surface area contributed by atoms with Crippen molar-refractivity contribution in [2.75, 3.05) is 7.05 Å². The molecule has 1 N–H and O–H groups in total. The van der Waals surface area contributed by atoms with E-state index in [0.29, 0.717) is 0 Å². The summed E-state index contributed by atoms with van der Waals surface area (Å²) in [4.78, 5) is 0. The maximum atomic E-state index is 13.7. The molecule has 82 valence electrons. The quantitative estimate of drug-likeness (QED) is 0.882. The van der Waals surface area contributed by atoms with Crippen LogP contribution in [0.2, 0.25) is 0 Å². The molecule has 3 heteroatoms. The molecule has 0 amide bonds. The maximum Gasteiger partial charge on any atom is 0.129 e. The topological polar surface area (TPSA) is 12.0 Å². The summed E-state index contributed by atoms with van der Waals surface area (Å²) in [6, 6.07) is 5.45. The second-order valence-electron chi connectivity index (χ2n) is 4.19. The Morgan fingerprint density at radius 2 is 2.27 bits per heavy atom. The van der Waals surface area contributed by atoms with E-state index in [1.807, 2.05) is 19.2 Å². The van der Waals surface area contributed by atoms with E-state index in [9.17, 15) is 4.39 Å². The molecule has 0 aromatic heterocycles. The Kier molecular flexibility index (Phi) is 3.42. The lowest BCUT2D eigenvalue weighted by Gasteiger charge is -2.17. The van der Waals surface area contributed by atoms with Crippen LogP contribution in [0, 0.1) is 11.7 Å². The lowest BCUT2D eigenvalue weighted by atomic mass is 10.0. The highest BCUT2D eigenvalue weighted by molar-refractivity contribution is 9.10. The molecule has 0 saturated heterocycles. The standard InChI is InChI=1S/C12H15BrFN/c1-15-12(6-8-2-3-8)10-5-4-9(13)7-11(10)14/h4-5,7-8,12,15H,2-3,6H2,1H3. The third kappa shape index (κ3) is 2.79. The molecule has 0 bridgehead atoms. The van der Waals surface area contributed by atoms with E-state index in [1.165, 1.54) is 18.9 Å². The van der Waals surface area contributed by atoms with Crippen molar-refractivity contribution in [3.63, 3.8) is 0 Å². The van der Waals surface area contributed by atoms with Crippen LogP contribution in [0.25, 0.3) is 0 Å². The fraction of sp³-hybridized carbons (Fsp3) is 0.500. The zero-order valence-corrected chi connectivity index (χ0v) is 10.3. The van der Waals surface area contributed by atoms with Gasteiger partial charge in [-0.3, -0.25) is 0 Å². The Morgan fingerprint density at radius 3 is 2.80 bits per heavy atom. The van der Waals surface area contributed by atoms with E-state index in [4.69, 9.17) is 0 Å². The predicted octanol–water partition coefficient (Wildman–Crippen LogP) is 3.65. The number of hydrogen-bond donors (Lipinski definition) is 1. The van der Waals surface area contributed by atoms with Crippen molar-refractivity contribution in [1.29, 1.82) is 0 Å². The molecule has 1 atom stereocenters. The molecule has 1 fully saturated rings. The molecule has 1 aliphatic carbocycles. The highest BCUT2D eigenvalue weighted by atomic mass is 79.9. The maximum absolute atomic E-state index is 13.7. The molecule has 0 spiro atoms. The third-order valence-corrected chi connectivity index (χ3v) is 3.45. The summed E-state index contributed by atoms with van der Waals surface area (Å²) >= 11 is 3.27. The van der Waals surface area contributed by atoms with Gasteiger partial charge in [0.1, 0.15) is 5.82 Å². The highest BCUT2D eigenvalue weighted by Crippen LogP contribution is 2.38. The summed E-state index contributed by atoms with van der Waals surface area (Å²) in [6.45, 7) is 0. The summed E-state index contributed by atoms with van der Waals surface area (Å²) in [6.07, 6.45) is 3.65. The summed E-state index contributed by atoms with van der Waals surface area (Å²) in [5.74, 6) is 0.676. The molecule has 2 rings (SSSR count). The molecule has 0 radical (unpaired) electrons. The van der Waals surface area contributed by atoms with E-state index in [2.05, 4.69) is 21.2 Å². The van der Waals surface area contributed by atoms with Crippen LogP contribution < -0.4 is 5.32 Å². The van der Waals surface area contributed by atoms with Crippen molar-refractivity contribution < 1.29 is 4.39 Å². The van der Waals surface area contributed by atoms with Gasteiger partial charge >= 0.3 is 0 Å². The molecule has 1 unspecified atom stereocenters. The SMILES string of the molecule is CNC(CC1CC1)c1ccc(Br)cc1F. The van der Waals surface area contributed by atoms with Crippen LogP contribution in [-0.2, 0) is 0 Å². The van der Waals surface area contributed by atoms with Crippen molar-refractivity contribution in [2.45, 2.75) is 25.3 Å². The van der Waals surface area contributed by atoms with Gasteiger partial charge in [-0.05, 0) is 31.5 Å². The van der Waals surface area contributed by atoms with Crippen molar-refractivity contribution >= 4 is 15.9 Å². The first kappa shape index (κ1) is 11.1. The predicted molar refractivity (Wildman–Crippen MR) is 63.2 cm³/mol. The van der Waals surface area contributed by atoms with Crippen LogP contribution in [0.5, 0.6) is 0 Å². The lowest BCUT2D eigenvalue weighted by molar-refractivity contribution is 0.484. The minimum absolute atomic E-state index is 0.121. The number of hydrogen-bond acceptors (Lipinski definition) is 1. The van der Waals surface area contributed by atoms with E-state index in [1.54, 1.807) is 0 Å². The molecule has 1 aromatic carbocycles. The minimum atomic E-state index is -0.121. The van der Waals surface area contributed by atoms with Crippen LogP contribution >= 0.6 is 15.9 Å². The van der Waals surface area contributed by atoms with Gasteiger partial charge in [-0.15, -0.1) is 0 Å². The molecule has 0 heterocycles. The minimum Gasteiger partial charge on any atom is -0.313 e. The van der Waals surface area contributed by atoms with Gasteiger partial charge in [0.15, 0.2) is 0 Å². The fourth-order valence-corrected chi connectivity index (χ4v) is 2.20. The Bertz CT molecular complexity index is 349. The van der Waals surface area contributed by atoms with E-state index < -0.39 is 0 Å². The Hall–Kier alpha value is -0.410. The zero-order chi connectivity index (χ0) is 10.8. The molecule has 1 aromatic rings. The summed E-state index contributed by atoms with van der Waals surface area (Å²) in [5, 5.41) is 3.19. The van der Waals surface area contributed by atoms with Crippen molar-refractivity contribution in [1.82, 2.24) is 5.32 Å². The van der Waals surface area contributed by atoms with Gasteiger partial charge in [-0.25, -0.2) is 4.39 Å². The van der Waals surface area contributed by atoms with Crippen LogP contribution in [0.15, 0.2) is 22.7 Å². The average Bonchev–Trinajstić information content (AvgIpc) is 2.99. The van der Waals surface area contributed by atoms with Gasteiger partial charge in [-0.1, -0.05) is 34.8 Å². The molecular formula is C12H15BrFN. The largest absolute Gasteiger partial charge is 0.313 e. The molecular weight excluding hydrogens is 257 g/mol. The van der Waals surface area contributed by atoms with Gasteiger partial charge in [-0.2, -0.15) is 0 Å². The zero-order valence-electron chi connectivity index (χ0n) is 8.76. The molecule has 1 saturated carbocycles.